The van der Waals surface area contributed by atoms with Gasteiger partial charge in [-0.1, -0.05) is 6.07 Å². The molecular weight excluding hydrogens is 449 g/mol. The molecule has 0 unspecified atom stereocenters. The van der Waals surface area contributed by atoms with E-state index in [4.69, 9.17) is 0 Å². The molecule has 1 aromatic rings. The molecule has 0 bridgehead atoms. The Labute approximate surface area is 185 Å². The van der Waals surface area contributed by atoms with Gasteiger partial charge in [-0.2, -0.15) is 17.5 Å². The number of anilines is 1. The van der Waals surface area contributed by atoms with Crippen LogP contribution in [0.2, 0.25) is 0 Å². The van der Waals surface area contributed by atoms with E-state index >= 15 is 0 Å². The number of halogens is 3. The average Bonchev–Trinajstić information content (AvgIpc) is 3.28. The number of sulfonamides is 1. The molecule has 0 saturated carbocycles. The number of piperidine rings is 1. The van der Waals surface area contributed by atoms with Crippen LogP contribution in [0.4, 0.5) is 18.9 Å². The van der Waals surface area contributed by atoms with Crippen molar-refractivity contribution in [2.45, 2.75) is 36.8 Å². The van der Waals surface area contributed by atoms with Gasteiger partial charge < -0.3 is 10.6 Å². The van der Waals surface area contributed by atoms with Crippen LogP contribution in [0.25, 0.3) is 0 Å². The van der Waals surface area contributed by atoms with Crippen LogP contribution >= 0.6 is 0 Å². The summed E-state index contributed by atoms with van der Waals surface area (Å²) < 4.78 is 63.5. The lowest BCUT2D eigenvalue weighted by atomic mass is 9.96. The SMILES string of the molecule is O=C(CN1CCC(C(=O)NCC(F)(F)F)CC1)Nc1cccc(S(=O)(=O)N2CCCC2)c1. The molecule has 12 heteroatoms. The monoisotopic (exact) mass is 476 g/mol. The van der Waals surface area contributed by atoms with Gasteiger partial charge in [0.15, 0.2) is 0 Å². The Morgan fingerprint density at radius 2 is 1.72 bits per heavy atom. The van der Waals surface area contributed by atoms with E-state index in [9.17, 15) is 31.2 Å². The molecular formula is C20H27F3N4O4S. The minimum absolute atomic E-state index is 0.0417. The Bertz CT molecular complexity index is 925. The van der Waals surface area contributed by atoms with Gasteiger partial charge in [0.2, 0.25) is 21.8 Å². The van der Waals surface area contributed by atoms with E-state index in [1.807, 2.05) is 10.2 Å². The summed E-state index contributed by atoms with van der Waals surface area (Å²) in [5.41, 5.74) is 0.372. The van der Waals surface area contributed by atoms with E-state index in [-0.39, 0.29) is 17.3 Å². The van der Waals surface area contributed by atoms with Crippen molar-refractivity contribution in [2.24, 2.45) is 5.92 Å². The number of carbonyl (C=O) groups is 2. The van der Waals surface area contributed by atoms with Crippen molar-refractivity contribution in [1.82, 2.24) is 14.5 Å². The van der Waals surface area contributed by atoms with Crippen LogP contribution in [-0.2, 0) is 19.6 Å². The fraction of sp³-hybridized carbons (Fsp3) is 0.600. The Balaban J connectivity index is 1.48. The van der Waals surface area contributed by atoms with Crippen molar-refractivity contribution >= 4 is 27.5 Å². The van der Waals surface area contributed by atoms with Crippen LogP contribution in [0.1, 0.15) is 25.7 Å². The predicted molar refractivity (Wildman–Crippen MR) is 111 cm³/mol. The average molecular weight is 477 g/mol. The van der Waals surface area contributed by atoms with Gasteiger partial charge in [0.1, 0.15) is 6.54 Å². The van der Waals surface area contributed by atoms with E-state index < -0.39 is 34.6 Å². The highest BCUT2D eigenvalue weighted by Crippen LogP contribution is 2.23. The smallest absolute Gasteiger partial charge is 0.347 e. The van der Waals surface area contributed by atoms with Crippen molar-refractivity contribution in [3.8, 4) is 0 Å². The first-order chi connectivity index (χ1) is 15.0. The summed E-state index contributed by atoms with van der Waals surface area (Å²) in [6, 6.07) is 6.11. The summed E-state index contributed by atoms with van der Waals surface area (Å²) >= 11 is 0. The van der Waals surface area contributed by atoms with Gasteiger partial charge in [0.05, 0.1) is 11.4 Å². The number of benzene rings is 1. The van der Waals surface area contributed by atoms with Crippen LogP contribution in [0.15, 0.2) is 29.2 Å². The summed E-state index contributed by atoms with van der Waals surface area (Å²) in [5.74, 6) is -1.47. The van der Waals surface area contributed by atoms with Crippen molar-refractivity contribution in [3.63, 3.8) is 0 Å². The van der Waals surface area contributed by atoms with Crippen LogP contribution in [0, 0.1) is 5.92 Å². The second-order valence-electron chi connectivity index (χ2n) is 8.07. The lowest BCUT2D eigenvalue weighted by molar-refractivity contribution is -0.141. The van der Waals surface area contributed by atoms with E-state index in [0.29, 0.717) is 44.7 Å². The van der Waals surface area contributed by atoms with Gasteiger partial charge in [-0.15, -0.1) is 0 Å². The van der Waals surface area contributed by atoms with Gasteiger partial charge in [-0.25, -0.2) is 8.42 Å². The maximum absolute atomic E-state index is 12.7. The molecule has 2 heterocycles. The third kappa shape index (κ3) is 6.66. The first-order valence-corrected chi connectivity index (χ1v) is 12.0. The van der Waals surface area contributed by atoms with E-state index in [1.54, 1.807) is 12.1 Å². The molecule has 2 saturated heterocycles. The summed E-state index contributed by atoms with van der Waals surface area (Å²) in [6.07, 6.45) is -2.06. The molecule has 2 amide bonds. The molecule has 2 fully saturated rings. The number of rotatable bonds is 7. The molecule has 0 atom stereocenters. The van der Waals surface area contributed by atoms with Crippen molar-refractivity contribution < 1.29 is 31.2 Å². The van der Waals surface area contributed by atoms with Crippen LogP contribution in [0.5, 0.6) is 0 Å². The van der Waals surface area contributed by atoms with Gasteiger partial charge >= 0.3 is 6.18 Å². The summed E-state index contributed by atoms with van der Waals surface area (Å²) in [7, 11) is -3.59. The number of likely N-dealkylation sites (tertiary alicyclic amines) is 1. The summed E-state index contributed by atoms with van der Waals surface area (Å²) in [4.78, 5) is 26.2. The van der Waals surface area contributed by atoms with Crippen molar-refractivity contribution in [2.75, 3.05) is 44.6 Å². The Kier molecular flexibility index (Phi) is 7.78. The number of nitrogens with zero attached hydrogens (tertiary/aromatic N) is 2. The highest BCUT2D eigenvalue weighted by Gasteiger charge is 2.31. The molecule has 32 heavy (non-hydrogen) atoms. The van der Waals surface area contributed by atoms with Gasteiger partial charge in [0.25, 0.3) is 0 Å². The van der Waals surface area contributed by atoms with Crippen molar-refractivity contribution in [3.05, 3.63) is 24.3 Å². The lowest BCUT2D eigenvalue weighted by Gasteiger charge is -2.30. The zero-order chi connectivity index (χ0) is 23.4. The largest absolute Gasteiger partial charge is 0.405 e. The fourth-order valence-electron chi connectivity index (χ4n) is 3.90. The molecule has 8 nitrogen and oxygen atoms in total. The first kappa shape index (κ1) is 24.5. The van der Waals surface area contributed by atoms with E-state index in [0.717, 1.165) is 12.8 Å². The standard InChI is InChI=1S/C20H27F3N4O4S/c21-20(22,23)14-24-19(29)15-6-10-26(11-7-15)13-18(28)25-16-4-3-5-17(12-16)32(30,31)27-8-1-2-9-27/h3-5,12,15H,1-2,6-11,13-14H2,(H,24,29)(H,25,28). The molecule has 3 rings (SSSR count). The molecule has 2 N–H and O–H groups in total. The third-order valence-electron chi connectivity index (χ3n) is 5.61. The normalized spacial score (nSPS) is 19.1. The van der Waals surface area contributed by atoms with E-state index in [2.05, 4.69) is 5.32 Å². The predicted octanol–water partition coefficient (Wildman–Crippen LogP) is 1.80. The zero-order valence-electron chi connectivity index (χ0n) is 17.5. The second kappa shape index (κ2) is 10.2. The molecule has 0 aromatic heterocycles. The number of hydrogen-bond acceptors (Lipinski definition) is 5. The molecule has 0 spiro atoms. The second-order valence-corrected chi connectivity index (χ2v) is 10.0. The number of nitrogens with one attached hydrogen (secondary N) is 2. The fourth-order valence-corrected chi connectivity index (χ4v) is 5.46. The van der Waals surface area contributed by atoms with Gasteiger partial charge in [-0.05, 0) is 57.0 Å². The highest BCUT2D eigenvalue weighted by atomic mass is 32.2. The van der Waals surface area contributed by atoms with Gasteiger partial charge in [-0.3, -0.25) is 14.5 Å². The Hall–Kier alpha value is -2.18. The molecule has 1 aromatic carbocycles. The Morgan fingerprint density at radius 1 is 1.06 bits per heavy atom. The molecule has 2 aliphatic heterocycles. The molecule has 0 radical (unpaired) electrons. The molecule has 178 valence electrons. The van der Waals surface area contributed by atoms with Crippen LogP contribution < -0.4 is 10.6 Å². The number of amides is 2. The van der Waals surface area contributed by atoms with Crippen LogP contribution in [-0.4, -0.2) is 74.9 Å². The minimum Gasteiger partial charge on any atom is -0.347 e. The topological polar surface area (TPSA) is 98.8 Å². The third-order valence-corrected chi connectivity index (χ3v) is 7.50. The van der Waals surface area contributed by atoms with Gasteiger partial charge in [0, 0.05) is 24.7 Å². The number of alkyl halides is 3. The first-order valence-electron chi connectivity index (χ1n) is 10.5. The zero-order valence-corrected chi connectivity index (χ0v) is 18.3. The number of hydrogen-bond donors (Lipinski definition) is 2. The van der Waals surface area contributed by atoms with E-state index in [1.165, 1.54) is 16.4 Å². The number of carbonyl (C=O) groups excluding carboxylic acids is 2. The van der Waals surface area contributed by atoms with Crippen LogP contribution in [0.3, 0.4) is 0 Å². The maximum Gasteiger partial charge on any atom is 0.405 e. The highest BCUT2D eigenvalue weighted by molar-refractivity contribution is 7.89. The minimum atomic E-state index is -4.44. The molecule has 2 aliphatic rings. The molecule has 0 aliphatic carbocycles. The maximum atomic E-state index is 12.7. The lowest BCUT2D eigenvalue weighted by Crippen LogP contribution is -2.44. The summed E-state index contributed by atoms with van der Waals surface area (Å²) in [6.45, 7) is 0.481. The van der Waals surface area contributed by atoms with Crippen molar-refractivity contribution in [1.29, 1.82) is 0 Å². The summed E-state index contributed by atoms with van der Waals surface area (Å²) in [5, 5.41) is 4.60. The Morgan fingerprint density at radius 3 is 2.34 bits per heavy atom. The quantitative estimate of drug-likeness (QED) is 0.626.